The maximum atomic E-state index is 10.7. The molecule has 0 radical (unpaired) electrons. The number of nitrogens with one attached hydrogen (secondary N) is 1. The van der Waals surface area contributed by atoms with Crippen LogP contribution in [0.5, 0.6) is 0 Å². The Kier molecular flexibility index (Phi) is 4.29. The number of anilines is 3. The highest BCUT2D eigenvalue weighted by Gasteiger charge is 2.18. The Morgan fingerprint density at radius 1 is 1.26 bits per heavy atom. The van der Waals surface area contributed by atoms with Crippen molar-refractivity contribution < 1.29 is 4.79 Å². The number of carbonyl (C=O) groups excluding carboxylic acids is 1. The van der Waals surface area contributed by atoms with E-state index >= 15 is 0 Å². The lowest BCUT2D eigenvalue weighted by atomic mass is 10.2. The Hall–Kier alpha value is -3.21. The van der Waals surface area contributed by atoms with E-state index in [2.05, 4.69) is 26.6 Å². The van der Waals surface area contributed by atoms with Gasteiger partial charge < -0.3 is 15.1 Å². The van der Waals surface area contributed by atoms with Crippen LogP contribution in [0.15, 0.2) is 30.5 Å². The third-order valence-corrected chi connectivity index (χ3v) is 3.56. The van der Waals surface area contributed by atoms with E-state index in [1.54, 1.807) is 23.1 Å². The number of hydrogen-bond acceptors (Lipinski definition) is 7. The second kappa shape index (κ2) is 6.70. The summed E-state index contributed by atoms with van der Waals surface area (Å²) in [5.41, 5.74) is 1.34. The molecule has 1 N–H and O–H groups in total. The van der Waals surface area contributed by atoms with E-state index in [1.807, 2.05) is 11.0 Å². The Morgan fingerprint density at radius 3 is 2.83 bits per heavy atom. The molecule has 0 spiro atoms. The van der Waals surface area contributed by atoms with E-state index in [9.17, 15) is 4.79 Å². The number of hydrogen-bond donors (Lipinski definition) is 1. The quantitative estimate of drug-likeness (QED) is 0.833. The molecule has 23 heavy (non-hydrogen) atoms. The highest BCUT2D eigenvalue weighted by Crippen LogP contribution is 2.17. The minimum absolute atomic E-state index is 0.525. The monoisotopic (exact) mass is 309 g/mol. The van der Waals surface area contributed by atoms with Gasteiger partial charge in [-0.1, -0.05) is 6.07 Å². The summed E-state index contributed by atoms with van der Waals surface area (Å²) < 4.78 is 0. The molecule has 1 aromatic heterocycles. The zero-order valence-electron chi connectivity index (χ0n) is 12.4. The number of rotatable bonds is 4. The van der Waals surface area contributed by atoms with E-state index in [-0.39, 0.29) is 0 Å². The largest absolute Gasteiger partial charge is 0.342 e. The van der Waals surface area contributed by atoms with Crippen LogP contribution < -0.4 is 10.2 Å². The van der Waals surface area contributed by atoms with Crippen LogP contribution in [0, 0.1) is 11.3 Å². The number of benzene rings is 1. The van der Waals surface area contributed by atoms with Gasteiger partial charge in [0.15, 0.2) is 5.82 Å². The summed E-state index contributed by atoms with van der Waals surface area (Å²) >= 11 is 0. The smallest absolute Gasteiger partial charge is 0.247 e. The van der Waals surface area contributed by atoms with E-state index in [4.69, 9.17) is 5.26 Å². The van der Waals surface area contributed by atoms with Crippen molar-refractivity contribution in [2.24, 2.45) is 0 Å². The minimum atomic E-state index is 0.525. The second-order valence-electron chi connectivity index (χ2n) is 5.09. The molecule has 1 fully saturated rings. The number of nitrogens with zero attached hydrogens (tertiary/aromatic N) is 6. The average molecular weight is 309 g/mol. The molecule has 0 bridgehead atoms. The highest BCUT2D eigenvalue weighted by molar-refractivity contribution is 5.58. The molecular formula is C15H15N7O. The van der Waals surface area contributed by atoms with Crippen LogP contribution in [0.25, 0.3) is 0 Å². The van der Waals surface area contributed by atoms with Crippen molar-refractivity contribution in [1.82, 2.24) is 20.1 Å². The predicted molar refractivity (Wildman–Crippen MR) is 84.1 cm³/mol. The number of amides is 1. The Balaban J connectivity index is 1.72. The van der Waals surface area contributed by atoms with Crippen LogP contribution >= 0.6 is 0 Å². The lowest BCUT2D eigenvalue weighted by Crippen LogP contribution is -2.46. The topological polar surface area (TPSA) is 98.0 Å². The summed E-state index contributed by atoms with van der Waals surface area (Å²) in [4.78, 5) is 18.9. The lowest BCUT2D eigenvalue weighted by molar-refractivity contribution is -0.118. The molecule has 2 heterocycles. The molecule has 116 valence electrons. The van der Waals surface area contributed by atoms with Gasteiger partial charge in [0.1, 0.15) is 0 Å². The summed E-state index contributed by atoms with van der Waals surface area (Å²) in [6, 6.07) is 9.23. The van der Waals surface area contributed by atoms with Crippen molar-refractivity contribution in [2.75, 3.05) is 36.4 Å². The van der Waals surface area contributed by atoms with Crippen LogP contribution in [0.1, 0.15) is 5.56 Å². The van der Waals surface area contributed by atoms with Gasteiger partial charge in [-0.25, -0.2) is 0 Å². The Morgan fingerprint density at radius 2 is 2.09 bits per heavy atom. The fourth-order valence-corrected chi connectivity index (χ4v) is 2.33. The predicted octanol–water partition coefficient (Wildman–Crippen LogP) is 0.765. The van der Waals surface area contributed by atoms with E-state index in [0.29, 0.717) is 43.5 Å². The molecule has 0 saturated carbocycles. The number of nitriles is 1. The van der Waals surface area contributed by atoms with Crippen LogP contribution in [0.3, 0.4) is 0 Å². The molecule has 0 unspecified atom stereocenters. The molecule has 1 aromatic carbocycles. The summed E-state index contributed by atoms with van der Waals surface area (Å²) in [6.45, 7) is 2.64. The summed E-state index contributed by atoms with van der Waals surface area (Å²) in [7, 11) is 0. The molecule has 1 saturated heterocycles. The van der Waals surface area contributed by atoms with Crippen molar-refractivity contribution in [1.29, 1.82) is 5.26 Å². The van der Waals surface area contributed by atoms with Gasteiger partial charge in [-0.05, 0) is 18.2 Å². The molecule has 1 aliphatic rings. The number of piperazine rings is 1. The van der Waals surface area contributed by atoms with E-state index in [1.165, 1.54) is 6.20 Å². The van der Waals surface area contributed by atoms with Crippen molar-refractivity contribution >= 4 is 23.9 Å². The average Bonchev–Trinajstić information content (AvgIpc) is 2.62. The van der Waals surface area contributed by atoms with Gasteiger partial charge >= 0.3 is 0 Å². The van der Waals surface area contributed by atoms with Crippen molar-refractivity contribution in [3.8, 4) is 6.07 Å². The van der Waals surface area contributed by atoms with Crippen LogP contribution in [-0.2, 0) is 4.79 Å². The van der Waals surface area contributed by atoms with Gasteiger partial charge in [0.25, 0.3) is 0 Å². The van der Waals surface area contributed by atoms with Crippen LogP contribution in [0.4, 0.5) is 17.5 Å². The fraction of sp³-hybridized carbons (Fsp3) is 0.267. The van der Waals surface area contributed by atoms with Crippen molar-refractivity contribution in [3.63, 3.8) is 0 Å². The van der Waals surface area contributed by atoms with Gasteiger partial charge in [0, 0.05) is 31.9 Å². The minimum Gasteiger partial charge on any atom is -0.342 e. The summed E-state index contributed by atoms with van der Waals surface area (Å²) in [5, 5.41) is 20.1. The fourth-order valence-electron chi connectivity index (χ4n) is 2.33. The molecule has 1 aliphatic heterocycles. The molecule has 0 aliphatic carbocycles. The first kappa shape index (κ1) is 14.7. The Bertz CT molecular complexity index is 735. The van der Waals surface area contributed by atoms with E-state index < -0.39 is 0 Å². The molecule has 3 rings (SSSR count). The van der Waals surface area contributed by atoms with Gasteiger partial charge in [-0.2, -0.15) is 15.3 Å². The summed E-state index contributed by atoms with van der Waals surface area (Å²) in [5.74, 6) is 1.08. The molecule has 2 aromatic rings. The molecule has 8 heteroatoms. The number of aromatic nitrogens is 3. The lowest BCUT2D eigenvalue weighted by Gasteiger charge is -2.32. The third kappa shape index (κ3) is 3.52. The van der Waals surface area contributed by atoms with Gasteiger partial charge in [-0.3, -0.25) is 4.79 Å². The van der Waals surface area contributed by atoms with Gasteiger partial charge in [-0.15, -0.1) is 5.10 Å². The first-order valence-corrected chi connectivity index (χ1v) is 7.20. The highest BCUT2D eigenvalue weighted by atomic mass is 16.1. The van der Waals surface area contributed by atoms with Gasteiger partial charge in [0.05, 0.1) is 17.8 Å². The normalized spacial score (nSPS) is 14.2. The first-order valence-electron chi connectivity index (χ1n) is 7.20. The summed E-state index contributed by atoms with van der Waals surface area (Å²) in [6.07, 6.45) is 2.39. The Labute approximate surface area is 133 Å². The molecular weight excluding hydrogens is 294 g/mol. The van der Waals surface area contributed by atoms with Crippen molar-refractivity contribution in [2.45, 2.75) is 0 Å². The molecule has 8 nitrogen and oxygen atoms in total. The number of carbonyl (C=O) groups is 1. The SMILES string of the molecule is N#Cc1cccc(Nc2cnnc(N3CCN(C=O)CC3)n2)c1. The van der Waals surface area contributed by atoms with E-state index in [0.717, 1.165) is 12.1 Å². The zero-order valence-corrected chi connectivity index (χ0v) is 12.4. The molecule has 0 atom stereocenters. The second-order valence-corrected chi connectivity index (χ2v) is 5.09. The van der Waals surface area contributed by atoms with Crippen LogP contribution in [0.2, 0.25) is 0 Å². The standard InChI is InChI=1S/C15H15N7O/c16-9-12-2-1-3-13(8-12)18-14-10-17-20-15(19-14)22-6-4-21(11-23)5-7-22/h1-3,8,10-11H,4-7H2,(H,18,19,20). The zero-order chi connectivity index (χ0) is 16.1. The maximum absolute atomic E-state index is 10.7. The molecule has 1 amide bonds. The van der Waals surface area contributed by atoms with Crippen LogP contribution in [-0.4, -0.2) is 52.7 Å². The van der Waals surface area contributed by atoms with Gasteiger partial charge in [0.2, 0.25) is 12.4 Å². The first-order chi connectivity index (χ1) is 11.3. The maximum Gasteiger partial charge on any atom is 0.247 e. The van der Waals surface area contributed by atoms with Crippen molar-refractivity contribution in [3.05, 3.63) is 36.0 Å². The third-order valence-electron chi connectivity index (χ3n) is 3.56.